The number of ether oxygens (including phenoxy) is 7. The van der Waals surface area contributed by atoms with E-state index >= 15 is 0 Å². The first-order valence-electron chi connectivity index (χ1n) is 12.0. The summed E-state index contributed by atoms with van der Waals surface area (Å²) in [5.74, 6) is -1.74. The second-order valence-electron chi connectivity index (χ2n) is 8.72. The maximum absolute atomic E-state index is 12.3. The van der Waals surface area contributed by atoms with Crippen LogP contribution in [0.15, 0.2) is 60.7 Å². The Kier molecular flexibility index (Phi) is 8.88. The van der Waals surface area contributed by atoms with E-state index in [-0.39, 0.29) is 13.2 Å². The topological polar surface area (TPSA) is 116 Å². The van der Waals surface area contributed by atoms with Crippen LogP contribution in [0.1, 0.15) is 44.5 Å². The third-order valence-electron chi connectivity index (χ3n) is 5.85. The molecule has 0 bridgehead atoms. The average molecular weight is 515 g/mol. The highest BCUT2D eigenvalue weighted by atomic mass is 16.7. The first-order chi connectivity index (χ1) is 17.8. The molecule has 0 spiro atoms. The zero-order valence-corrected chi connectivity index (χ0v) is 20.8. The van der Waals surface area contributed by atoms with E-state index in [0.29, 0.717) is 0 Å². The summed E-state index contributed by atoms with van der Waals surface area (Å²) in [6.45, 7) is 3.73. The van der Waals surface area contributed by atoms with Crippen molar-refractivity contribution in [3.05, 3.63) is 71.8 Å². The van der Waals surface area contributed by atoms with Crippen molar-refractivity contribution in [2.24, 2.45) is 0 Å². The first-order valence-corrected chi connectivity index (χ1v) is 12.0. The number of rotatable bonds is 7. The predicted molar refractivity (Wildman–Crippen MR) is 127 cm³/mol. The van der Waals surface area contributed by atoms with Gasteiger partial charge in [0.15, 0.2) is 30.9 Å². The van der Waals surface area contributed by atoms with Gasteiger partial charge in [-0.05, 0) is 0 Å². The van der Waals surface area contributed by atoms with Gasteiger partial charge in [-0.3, -0.25) is 14.4 Å². The van der Waals surface area contributed by atoms with Gasteiger partial charge in [-0.1, -0.05) is 60.7 Å². The number of esters is 3. The molecular weight excluding hydrogens is 484 g/mol. The molecule has 10 nitrogen and oxygen atoms in total. The Morgan fingerprint density at radius 1 is 0.676 bits per heavy atom. The Labute approximate surface area is 214 Å². The van der Waals surface area contributed by atoms with Gasteiger partial charge in [-0.15, -0.1) is 0 Å². The molecule has 0 aromatic heterocycles. The number of benzene rings is 2. The fourth-order valence-electron chi connectivity index (χ4n) is 4.38. The van der Waals surface area contributed by atoms with Crippen molar-refractivity contribution in [1.29, 1.82) is 0 Å². The van der Waals surface area contributed by atoms with E-state index in [2.05, 4.69) is 0 Å². The van der Waals surface area contributed by atoms with Gasteiger partial charge < -0.3 is 33.2 Å². The van der Waals surface area contributed by atoms with Crippen LogP contribution in [0.2, 0.25) is 0 Å². The molecule has 2 saturated heterocycles. The molecule has 0 saturated carbocycles. The van der Waals surface area contributed by atoms with Crippen LogP contribution in [-0.4, -0.2) is 61.6 Å². The van der Waals surface area contributed by atoms with Crippen molar-refractivity contribution in [2.45, 2.75) is 63.9 Å². The van der Waals surface area contributed by atoms with Crippen molar-refractivity contribution in [1.82, 2.24) is 0 Å². The summed E-state index contributed by atoms with van der Waals surface area (Å²) in [5.41, 5.74) is 1.45. The summed E-state index contributed by atoms with van der Waals surface area (Å²) in [6, 6.07) is 18.4. The minimum absolute atomic E-state index is 0.0227. The van der Waals surface area contributed by atoms with Gasteiger partial charge in [0, 0.05) is 31.9 Å². The molecule has 198 valence electrons. The molecule has 10 heteroatoms. The quantitative estimate of drug-likeness (QED) is 0.403. The molecule has 6 atom stereocenters. The second kappa shape index (κ2) is 12.3. The van der Waals surface area contributed by atoms with Gasteiger partial charge in [0.2, 0.25) is 0 Å². The summed E-state index contributed by atoms with van der Waals surface area (Å²) in [4.78, 5) is 36.1. The zero-order chi connectivity index (χ0) is 26.4. The Morgan fingerprint density at radius 3 is 1.43 bits per heavy atom. The largest absolute Gasteiger partial charge is 0.457 e. The molecule has 4 rings (SSSR count). The lowest BCUT2D eigenvalue weighted by Gasteiger charge is -2.45. The third kappa shape index (κ3) is 6.92. The average Bonchev–Trinajstić information content (AvgIpc) is 2.88. The molecule has 2 aliphatic heterocycles. The van der Waals surface area contributed by atoms with E-state index in [9.17, 15) is 14.4 Å². The van der Waals surface area contributed by atoms with Gasteiger partial charge in [0.25, 0.3) is 0 Å². The molecule has 2 heterocycles. The molecule has 37 heavy (non-hydrogen) atoms. The molecule has 2 fully saturated rings. The Morgan fingerprint density at radius 2 is 1.08 bits per heavy atom. The lowest BCUT2D eigenvalue weighted by Crippen LogP contribution is -2.60. The summed E-state index contributed by atoms with van der Waals surface area (Å²) in [6.07, 6.45) is -6.67. The van der Waals surface area contributed by atoms with E-state index in [1.54, 1.807) is 0 Å². The van der Waals surface area contributed by atoms with Crippen molar-refractivity contribution < 1.29 is 47.5 Å². The van der Waals surface area contributed by atoms with E-state index in [1.165, 1.54) is 20.8 Å². The Balaban J connectivity index is 1.69. The summed E-state index contributed by atoms with van der Waals surface area (Å²) >= 11 is 0. The lowest BCUT2D eigenvalue weighted by molar-refractivity contribution is -0.322. The molecule has 2 aromatic rings. The molecule has 0 aliphatic carbocycles. The number of carbonyl (C=O) groups is 3. The first kappa shape index (κ1) is 26.7. The maximum Gasteiger partial charge on any atom is 0.303 e. The van der Waals surface area contributed by atoms with Gasteiger partial charge in [0.05, 0.1) is 13.2 Å². The molecule has 2 aromatic carbocycles. The highest BCUT2D eigenvalue weighted by Gasteiger charge is 2.50. The van der Waals surface area contributed by atoms with Gasteiger partial charge in [0.1, 0.15) is 12.2 Å². The van der Waals surface area contributed by atoms with Gasteiger partial charge in [-0.25, -0.2) is 0 Å². The normalized spacial score (nSPS) is 28.5. The zero-order valence-electron chi connectivity index (χ0n) is 20.8. The summed E-state index contributed by atoms with van der Waals surface area (Å²) < 4.78 is 40.9. The van der Waals surface area contributed by atoms with Crippen LogP contribution in [0.5, 0.6) is 0 Å². The summed E-state index contributed by atoms with van der Waals surface area (Å²) in [5, 5.41) is 0. The highest BCUT2D eigenvalue weighted by molar-refractivity contribution is 5.67. The van der Waals surface area contributed by atoms with Crippen LogP contribution in [0.3, 0.4) is 0 Å². The minimum Gasteiger partial charge on any atom is -0.457 e. The van der Waals surface area contributed by atoms with E-state index in [0.717, 1.165) is 11.1 Å². The smallest absolute Gasteiger partial charge is 0.303 e. The van der Waals surface area contributed by atoms with Crippen molar-refractivity contribution in [3.63, 3.8) is 0 Å². The van der Waals surface area contributed by atoms with Crippen molar-refractivity contribution in [3.8, 4) is 0 Å². The van der Waals surface area contributed by atoms with Crippen LogP contribution >= 0.6 is 0 Å². The molecule has 0 radical (unpaired) electrons. The van der Waals surface area contributed by atoms with Crippen molar-refractivity contribution >= 4 is 17.9 Å². The molecule has 6 unspecified atom stereocenters. The maximum atomic E-state index is 12.3. The predicted octanol–water partition coefficient (Wildman–Crippen LogP) is 3.01. The van der Waals surface area contributed by atoms with Crippen LogP contribution in [-0.2, 0) is 47.5 Å². The number of hydrogen-bond acceptors (Lipinski definition) is 10. The van der Waals surface area contributed by atoms with Gasteiger partial charge in [-0.2, -0.15) is 0 Å². The van der Waals surface area contributed by atoms with Crippen LogP contribution in [0.4, 0.5) is 0 Å². The fourth-order valence-corrected chi connectivity index (χ4v) is 4.38. The standard InChI is InChI=1S/C27H30O10/c1-16(28)33-21-14-31-26(19-10-6-4-7-11-19)36-23(21)25(35-18(3)30)24-22(34-17(2)29)15-32-27(37-24)20-12-8-5-9-13-20/h4-13,21-27H,14-15H2,1-3H3. The molecule has 0 amide bonds. The lowest BCUT2D eigenvalue weighted by atomic mass is 9.96. The third-order valence-corrected chi connectivity index (χ3v) is 5.85. The van der Waals surface area contributed by atoms with E-state index in [1.807, 2.05) is 60.7 Å². The molecule has 2 aliphatic rings. The minimum atomic E-state index is -1.14. The summed E-state index contributed by atoms with van der Waals surface area (Å²) in [7, 11) is 0. The van der Waals surface area contributed by atoms with Crippen LogP contribution in [0.25, 0.3) is 0 Å². The Bertz CT molecular complexity index is 982. The van der Waals surface area contributed by atoms with Crippen LogP contribution < -0.4 is 0 Å². The van der Waals surface area contributed by atoms with E-state index in [4.69, 9.17) is 33.2 Å². The SMILES string of the molecule is CC(=O)OC1COC(c2ccccc2)OC1C(OC(C)=O)C1OC(c2ccccc2)OCC1OC(C)=O. The molecule has 0 N–H and O–H groups in total. The number of carbonyl (C=O) groups excluding carboxylic acids is 3. The Hall–Kier alpha value is -3.31. The van der Waals surface area contributed by atoms with Crippen molar-refractivity contribution in [2.75, 3.05) is 13.2 Å². The van der Waals surface area contributed by atoms with Gasteiger partial charge >= 0.3 is 17.9 Å². The van der Waals surface area contributed by atoms with E-state index < -0.39 is 61.0 Å². The molecular formula is C27H30O10. The fraction of sp³-hybridized carbons (Fsp3) is 0.444. The second-order valence-corrected chi connectivity index (χ2v) is 8.72. The monoisotopic (exact) mass is 514 g/mol. The number of hydrogen-bond donors (Lipinski definition) is 0. The van der Waals surface area contributed by atoms with Crippen LogP contribution in [0, 0.1) is 0 Å². The highest BCUT2D eigenvalue weighted by Crippen LogP contribution is 2.36.